The lowest BCUT2D eigenvalue weighted by Gasteiger charge is -2.25. The van der Waals surface area contributed by atoms with E-state index in [1.807, 2.05) is 0 Å². The predicted molar refractivity (Wildman–Crippen MR) is 57.8 cm³/mol. The van der Waals surface area contributed by atoms with Crippen LogP contribution < -0.4 is 0 Å². The molecule has 128 valence electrons. The molecule has 0 rings (SSSR count). The highest BCUT2D eigenvalue weighted by Crippen LogP contribution is 2.35. The zero-order valence-corrected chi connectivity index (χ0v) is 13.1. The molecule has 0 radical (unpaired) electrons. The monoisotopic (exact) mass is 385 g/mol. The van der Waals surface area contributed by atoms with Gasteiger partial charge in [0.25, 0.3) is 0 Å². The smallest absolute Gasteiger partial charge is 0.399 e. The Labute approximate surface area is 117 Å². The van der Waals surface area contributed by atoms with Gasteiger partial charge in [0.05, 0.1) is 6.17 Å². The van der Waals surface area contributed by atoms with E-state index in [-0.39, 0.29) is 0 Å². The fraction of sp³-hybridized carbons (Fsp3) is 1.00. The molecule has 0 amide bonds. The number of nitrogens with zero attached hydrogens (tertiary/aromatic N) is 1. The van der Waals surface area contributed by atoms with Crippen LogP contribution in [0.4, 0.5) is 26.3 Å². The van der Waals surface area contributed by atoms with Crippen LogP contribution >= 0.6 is 0 Å². The van der Waals surface area contributed by atoms with Gasteiger partial charge in [-0.1, -0.05) is 3.71 Å². The summed E-state index contributed by atoms with van der Waals surface area (Å²) in [4.78, 5) is 0. The number of alkyl halides is 6. The highest BCUT2D eigenvalue weighted by Gasteiger charge is 2.62. The van der Waals surface area contributed by atoms with Crippen molar-refractivity contribution < 1.29 is 52.0 Å². The van der Waals surface area contributed by atoms with Gasteiger partial charge < -0.3 is 8.85 Å². The van der Waals surface area contributed by atoms with Gasteiger partial charge in [-0.25, -0.2) is 16.8 Å². The van der Waals surface area contributed by atoms with Crippen molar-refractivity contribution in [1.82, 2.24) is 3.71 Å². The number of sulfonamides is 2. The summed E-state index contributed by atoms with van der Waals surface area (Å²) >= 11 is 0. The van der Waals surface area contributed by atoms with E-state index in [4.69, 9.17) is 0 Å². The van der Waals surface area contributed by atoms with Crippen LogP contribution in [0, 0.1) is 0 Å². The van der Waals surface area contributed by atoms with Crippen LogP contribution in [0.1, 0.15) is 0 Å². The molecule has 0 aliphatic carbocycles. The average Bonchev–Trinajstić information content (AvgIpc) is 2.26. The van der Waals surface area contributed by atoms with Crippen LogP contribution in [0.2, 0.25) is 0 Å². The van der Waals surface area contributed by atoms with E-state index in [0.29, 0.717) is 0 Å². The fourth-order valence-corrected chi connectivity index (χ4v) is 5.96. The number of halogens is 6. The molecule has 16 heteroatoms. The van der Waals surface area contributed by atoms with Crippen molar-refractivity contribution in [2.45, 2.75) is 11.0 Å². The molecule has 0 heterocycles. The predicted octanol–water partition coefficient (Wildman–Crippen LogP) is 0.0401. The van der Waals surface area contributed by atoms with E-state index >= 15 is 0 Å². The van der Waals surface area contributed by atoms with Gasteiger partial charge in [0.15, 0.2) is 0 Å². The second-order valence-corrected chi connectivity index (χ2v) is 9.36. The molecule has 0 aromatic rings. The molecule has 0 unspecified atom stereocenters. The number of rotatable bonds is 6. The topological polar surface area (TPSA) is 90.0 Å². The van der Waals surface area contributed by atoms with Crippen LogP contribution in [0.5, 0.6) is 0 Å². The Morgan fingerprint density at radius 3 is 1.33 bits per heavy atom. The summed E-state index contributed by atoms with van der Waals surface area (Å²) in [5.41, 5.74) is -12.5. The molecule has 0 fully saturated rings. The third kappa shape index (κ3) is 4.28. The zero-order chi connectivity index (χ0) is 17.3. The van der Waals surface area contributed by atoms with Gasteiger partial charge in [-0.2, -0.15) is 26.3 Å². The van der Waals surface area contributed by atoms with E-state index in [1.165, 1.54) is 0 Å². The van der Waals surface area contributed by atoms with Gasteiger partial charge >= 0.3 is 40.3 Å². The first-order valence-electron chi connectivity index (χ1n) is 4.59. The van der Waals surface area contributed by atoms with Gasteiger partial charge in [0.2, 0.25) is 0 Å². The van der Waals surface area contributed by atoms with E-state index in [9.17, 15) is 43.2 Å². The molecule has 0 N–H and O–H groups in total. The Morgan fingerprint density at radius 1 is 0.857 bits per heavy atom. The molecule has 0 bridgehead atoms. The Bertz CT molecular complexity index is 507. The third-order valence-electron chi connectivity index (χ3n) is 1.95. The minimum absolute atomic E-state index is 0.818. The maximum absolute atomic E-state index is 12.3. The highest BCUT2D eigenvalue weighted by atomic mass is 32.3. The van der Waals surface area contributed by atoms with Gasteiger partial charge in [0, 0.05) is 14.2 Å². The van der Waals surface area contributed by atoms with Gasteiger partial charge in [-0.15, -0.1) is 0 Å². The van der Waals surface area contributed by atoms with Crippen molar-refractivity contribution in [2.75, 3.05) is 20.4 Å². The average molecular weight is 385 g/mol. The standard InChI is InChI=1S/C5H9F6NO6S2Si/c1-17-21(18-2)3-12(19(13,14)4(6,7)8)20(15,16)5(9,10)11/h21H,3H2,1-2H3. The molecule has 0 aliphatic rings. The van der Waals surface area contributed by atoms with Crippen molar-refractivity contribution in [1.29, 1.82) is 0 Å². The largest absolute Gasteiger partial charge is 0.512 e. The summed E-state index contributed by atoms with van der Waals surface area (Å²) in [6.45, 7) is 0. The van der Waals surface area contributed by atoms with Crippen molar-refractivity contribution in [3.8, 4) is 0 Å². The number of hydrogen-bond donors (Lipinski definition) is 0. The summed E-state index contributed by atoms with van der Waals surface area (Å²) in [6.07, 6.45) is -1.73. The summed E-state index contributed by atoms with van der Waals surface area (Å²) in [5, 5.41) is 0. The molecule has 0 saturated carbocycles. The van der Waals surface area contributed by atoms with Crippen molar-refractivity contribution >= 4 is 29.3 Å². The van der Waals surface area contributed by atoms with Crippen LogP contribution in [0.3, 0.4) is 0 Å². The molecule has 0 saturated heterocycles. The third-order valence-corrected chi connectivity index (χ3v) is 7.91. The minimum atomic E-state index is -6.79. The molecule has 0 spiro atoms. The van der Waals surface area contributed by atoms with Crippen LogP contribution in [0.25, 0.3) is 0 Å². The Morgan fingerprint density at radius 2 is 1.14 bits per heavy atom. The van der Waals surface area contributed by atoms with Crippen LogP contribution in [-0.4, -0.2) is 61.2 Å². The fourth-order valence-electron chi connectivity index (χ4n) is 0.923. The zero-order valence-electron chi connectivity index (χ0n) is 10.3. The van der Waals surface area contributed by atoms with Crippen molar-refractivity contribution in [3.63, 3.8) is 0 Å². The first-order valence-corrected chi connectivity index (χ1v) is 9.23. The van der Waals surface area contributed by atoms with Gasteiger partial charge in [0.1, 0.15) is 0 Å². The molecule has 7 nitrogen and oxygen atoms in total. The first-order chi connectivity index (χ1) is 9.12. The molecular formula is C5H9F6NO6S2Si. The summed E-state index contributed by atoms with van der Waals surface area (Å²) < 4.78 is 125. The highest BCUT2D eigenvalue weighted by molar-refractivity contribution is 8.04. The second kappa shape index (κ2) is 6.37. The molecule has 0 aliphatic heterocycles. The van der Waals surface area contributed by atoms with Crippen molar-refractivity contribution in [3.05, 3.63) is 0 Å². The second-order valence-electron chi connectivity index (χ2n) is 3.26. The first kappa shape index (κ1) is 20.6. The lowest BCUT2D eigenvalue weighted by Crippen LogP contribution is -2.53. The van der Waals surface area contributed by atoms with Gasteiger partial charge in [-0.05, 0) is 0 Å². The minimum Gasteiger partial charge on any atom is -0.399 e. The molecule has 21 heavy (non-hydrogen) atoms. The summed E-state index contributed by atoms with van der Waals surface area (Å²) in [7, 11) is -15.4. The molecule has 0 aromatic heterocycles. The normalized spacial score (nSPS) is 15.0. The van der Waals surface area contributed by atoms with E-state index in [0.717, 1.165) is 14.2 Å². The maximum atomic E-state index is 12.3. The lowest BCUT2D eigenvalue weighted by molar-refractivity contribution is -0.0527. The van der Waals surface area contributed by atoms with Crippen LogP contribution in [0.15, 0.2) is 0 Å². The van der Waals surface area contributed by atoms with E-state index in [1.54, 1.807) is 0 Å². The Hall–Kier alpha value is -0.423. The summed E-state index contributed by atoms with van der Waals surface area (Å²) in [6, 6.07) is 0. The SMILES string of the molecule is CO[SiH](CN(S(=O)(=O)C(F)(F)F)S(=O)(=O)C(F)(F)F)OC. The van der Waals surface area contributed by atoms with E-state index < -0.39 is 50.2 Å². The molecular weight excluding hydrogens is 376 g/mol. The molecule has 0 aromatic carbocycles. The van der Waals surface area contributed by atoms with Crippen molar-refractivity contribution in [2.24, 2.45) is 0 Å². The maximum Gasteiger partial charge on any atom is 0.512 e. The summed E-state index contributed by atoms with van der Waals surface area (Å²) in [5.74, 6) is 0. The quantitative estimate of drug-likeness (QED) is 0.474. The lowest BCUT2D eigenvalue weighted by atomic mass is 11.5. The van der Waals surface area contributed by atoms with Crippen LogP contribution in [-0.2, 0) is 28.9 Å². The molecule has 0 atom stereocenters. The Kier molecular flexibility index (Phi) is 6.24. The van der Waals surface area contributed by atoms with E-state index in [2.05, 4.69) is 8.85 Å². The Balaban J connectivity index is 6.09. The van der Waals surface area contributed by atoms with Gasteiger partial charge in [-0.3, -0.25) is 0 Å². The number of hydrogen-bond acceptors (Lipinski definition) is 6.